The van der Waals surface area contributed by atoms with Crippen LogP contribution in [0.4, 0.5) is 5.69 Å². The zero-order chi connectivity index (χ0) is 28.6. The number of allylic oxidation sites excluding steroid dienone is 3. The van der Waals surface area contributed by atoms with Crippen molar-refractivity contribution in [1.82, 2.24) is 4.90 Å². The Balaban J connectivity index is 1.46. The molecule has 0 radical (unpaired) electrons. The van der Waals surface area contributed by atoms with E-state index in [0.717, 1.165) is 4.90 Å². The van der Waals surface area contributed by atoms with Gasteiger partial charge in [0.05, 0.1) is 24.6 Å². The number of amides is 4. The van der Waals surface area contributed by atoms with Crippen LogP contribution in [0.25, 0.3) is 6.08 Å². The third-order valence-corrected chi connectivity index (χ3v) is 10.2. The zero-order valence-electron chi connectivity index (χ0n) is 21.7. The maximum Gasteiger partial charge on any atom is 0.253 e. The Morgan fingerprint density at radius 3 is 2.42 bits per heavy atom. The number of para-hydroxylation sites is 1. The second-order valence-corrected chi connectivity index (χ2v) is 11.9. The molecule has 2 saturated heterocycles. The summed E-state index contributed by atoms with van der Waals surface area (Å²) in [4.78, 5) is 52.9. The van der Waals surface area contributed by atoms with Crippen LogP contribution in [0.1, 0.15) is 18.4 Å². The minimum Gasteiger partial charge on any atom is -0.504 e. The molecule has 10 heteroatoms. The first-order valence-electron chi connectivity index (χ1n) is 12.9. The summed E-state index contributed by atoms with van der Waals surface area (Å²) in [6, 6.07) is 13.5. The Morgan fingerprint density at radius 2 is 1.73 bits per heavy atom. The van der Waals surface area contributed by atoms with Gasteiger partial charge in [-0.1, -0.05) is 48.1 Å². The molecule has 2 aromatic carbocycles. The van der Waals surface area contributed by atoms with E-state index in [0.29, 0.717) is 23.2 Å². The van der Waals surface area contributed by atoms with Gasteiger partial charge in [0.1, 0.15) is 0 Å². The molecule has 206 valence electrons. The molecule has 0 aromatic heterocycles. The van der Waals surface area contributed by atoms with Crippen LogP contribution in [-0.4, -0.2) is 57.5 Å². The highest BCUT2D eigenvalue weighted by molar-refractivity contribution is 6.53. The minimum atomic E-state index is -1.84. The molecule has 6 atom stereocenters. The van der Waals surface area contributed by atoms with E-state index in [1.807, 2.05) is 6.08 Å². The van der Waals surface area contributed by atoms with Crippen LogP contribution < -0.4 is 9.64 Å². The van der Waals surface area contributed by atoms with Gasteiger partial charge in [-0.05, 0) is 48.6 Å². The number of halogens is 2. The predicted octanol–water partition coefficient (Wildman–Crippen LogP) is 4.14. The van der Waals surface area contributed by atoms with Crippen LogP contribution in [0, 0.1) is 23.7 Å². The second kappa shape index (κ2) is 9.21. The fraction of sp³-hybridized carbons (Fsp3) is 0.333. The number of alkyl halides is 2. The van der Waals surface area contributed by atoms with Gasteiger partial charge in [-0.3, -0.25) is 29.0 Å². The van der Waals surface area contributed by atoms with E-state index in [2.05, 4.69) is 0 Å². The molecule has 1 N–H and O–H groups in total. The molecule has 2 aromatic rings. The fourth-order valence-corrected chi connectivity index (χ4v) is 7.80. The molecular formula is C30H26Cl2N2O6. The standard InChI is InChI=1S/C30H26Cl2N2O6/c1-33-27(38)29(31)15-20-18(10-11-19-24(20)26(37)34(25(19)36)17-6-4-3-5-7-17)21(30(29,32)28(33)39)12-8-16-9-13-22(35)23(14-16)40-2/h3-10,12-14,19-21,24,35H,11,15H2,1-2H3/t19-,20+,21-,24-,29+,30-/m0/s1. The number of likely N-dealkylation sites (tertiary alicyclic amines) is 1. The van der Waals surface area contributed by atoms with E-state index >= 15 is 0 Å². The van der Waals surface area contributed by atoms with Crippen molar-refractivity contribution in [3.05, 3.63) is 71.8 Å². The second-order valence-electron chi connectivity index (χ2n) is 10.7. The number of carbonyl (C=O) groups excluding carboxylic acids is 4. The number of rotatable bonds is 4. The van der Waals surface area contributed by atoms with Crippen molar-refractivity contribution in [2.45, 2.75) is 22.6 Å². The fourth-order valence-electron chi connectivity index (χ4n) is 6.83. The lowest BCUT2D eigenvalue weighted by atomic mass is 9.57. The first-order chi connectivity index (χ1) is 19.0. The van der Waals surface area contributed by atoms with E-state index in [-0.39, 0.29) is 29.7 Å². The van der Waals surface area contributed by atoms with Crippen molar-refractivity contribution in [2.24, 2.45) is 23.7 Å². The lowest BCUT2D eigenvalue weighted by Gasteiger charge is -2.49. The summed E-state index contributed by atoms with van der Waals surface area (Å²) in [7, 11) is 2.79. The van der Waals surface area contributed by atoms with E-state index in [1.54, 1.807) is 54.6 Å². The number of ether oxygens (including phenoxy) is 1. The largest absolute Gasteiger partial charge is 0.504 e. The molecule has 4 aliphatic rings. The van der Waals surface area contributed by atoms with Crippen molar-refractivity contribution in [2.75, 3.05) is 19.1 Å². The van der Waals surface area contributed by atoms with E-state index in [1.165, 1.54) is 25.1 Å². The number of fused-ring (bicyclic) bond motifs is 4. The molecule has 0 bridgehead atoms. The number of methoxy groups -OCH3 is 1. The smallest absolute Gasteiger partial charge is 0.253 e. The SMILES string of the molecule is COc1cc(C=C[C@H]2C3=CC[C@@H]4C(=O)N(c5ccccc5)C(=O)[C@@H]4[C@@H]3C[C@@]3(Cl)C(=O)N(C)C(=O)[C@@]23Cl)ccc1O. The van der Waals surface area contributed by atoms with E-state index in [9.17, 15) is 24.3 Å². The molecule has 8 nitrogen and oxygen atoms in total. The zero-order valence-corrected chi connectivity index (χ0v) is 23.2. The number of nitrogens with zero attached hydrogens (tertiary/aromatic N) is 2. The van der Waals surface area contributed by atoms with Gasteiger partial charge < -0.3 is 9.84 Å². The van der Waals surface area contributed by atoms with Crippen LogP contribution in [0.5, 0.6) is 11.5 Å². The molecule has 3 fully saturated rings. The Hall–Kier alpha value is -3.62. The molecule has 0 unspecified atom stereocenters. The summed E-state index contributed by atoms with van der Waals surface area (Å²) < 4.78 is 5.21. The van der Waals surface area contributed by atoms with Crippen LogP contribution >= 0.6 is 23.2 Å². The third kappa shape index (κ3) is 3.45. The average Bonchev–Trinajstić information content (AvgIpc) is 3.28. The number of imide groups is 2. The maximum atomic E-state index is 13.9. The summed E-state index contributed by atoms with van der Waals surface area (Å²) in [5.41, 5.74) is 1.85. The van der Waals surface area contributed by atoms with Crippen LogP contribution in [0.2, 0.25) is 0 Å². The molecular weight excluding hydrogens is 555 g/mol. The number of hydrogen-bond donors (Lipinski definition) is 1. The highest BCUT2D eigenvalue weighted by Gasteiger charge is 2.75. The number of hydrogen-bond acceptors (Lipinski definition) is 6. The number of benzene rings is 2. The van der Waals surface area contributed by atoms with Crippen LogP contribution in [0.3, 0.4) is 0 Å². The topological polar surface area (TPSA) is 104 Å². The Kier molecular flexibility index (Phi) is 6.12. The maximum absolute atomic E-state index is 13.9. The van der Waals surface area contributed by atoms with Crippen molar-refractivity contribution >= 4 is 58.6 Å². The van der Waals surface area contributed by atoms with Gasteiger partial charge in [0, 0.05) is 13.0 Å². The molecule has 4 amide bonds. The molecule has 2 aliphatic heterocycles. The highest BCUT2D eigenvalue weighted by atomic mass is 35.5. The number of phenols is 1. The summed E-state index contributed by atoms with van der Waals surface area (Å²) in [5, 5.41) is 9.99. The first-order valence-corrected chi connectivity index (χ1v) is 13.7. The summed E-state index contributed by atoms with van der Waals surface area (Å²) >= 11 is 14.2. The summed E-state index contributed by atoms with van der Waals surface area (Å²) in [5.74, 6) is -4.45. The van der Waals surface area contributed by atoms with Gasteiger partial charge in [-0.2, -0.15) is 0 Å². The van der Waals surface area contributed by atoms with E-state index in [4.69, 9.17) is 27.9 Å². The normalized spacial score (nSPS) is 33.2. The van der Waals surface area contributed by atoms with E-state index < -0.39 is 45.2 Å². The van der Waals surface area contributed by atoms with Crippen molar-refractivity contribution in [1.29, 1.82) is 0 Å². The summed E-state index contributed by atoms with van der Waals surface area (Å²) in [6.07, 6.45) is 5.56. The van der Waals surface area contributed by atoms with Gasteiger partial charge in [0.25, 0.3) is 11.8 Å². The lowest BCUT2D eigenvalue weighted by molar-refractivity contribution is -0.138. The van der Waals surface area contributed by atoms with Gasteiger partial charge in [0.2, 0.25) is 11.8 Å². The lowest BCUT2D eigenvalue weighted by Crippen LogP contribution is -2.60. The Labute approximate surface area is 240 Å². The van der Waals surface area contributed by atoms with Gasteiger partial charge in [-0.25, -0.2) is 0 Å². The Morgan fingerprint density at radius 1 is 1.00 bits per heavy atom. The highest BCUT2D eigenvalue weighted by Crippen LogP contribution is 2.63. The van der Waals surface area contributed by atoms with Crippen LogP contribution in [0.15, 0.2) is 66.3 Å². The number of phenolic OH excluding ortho intramolecular Hbond substituents is 1. The molecule has 6 rings (SSSR count). The number of aromatic hydroxyl groups is 1. The number of carbonyl (C=O) groups is 4. The van der Waals surface area contributed by atoms with Crippen molar-refractivity contribution in [3.63, 3.8) is 0 Å². The molecule has 0 spiro atoms. The Bertz CT molecular complexity index is 1520. The van der Waals surface area contributed by atoms with Crippen LogP contribution in [-0.2, 0) is 19.2 Å². The predicted molar refractivity (Wildman–Crippen MR) is 149 cm³/mol. The first kappa shape index (κ1) is 26.6. The molecule has 40 heavy (non-hydrogen) atoms. The molecule has 2 heterocycles. The van der Waals surface area contributed by atoms with Gasteiger partial charge in [-0.15, -0.1) is 23.2 Å². The van der Waals surface area contributed by atoms with Crippen molar-refractivity contribution in [3.8, 4) is 11.5 Å². The number of anilines is 1. The van der Waals surface area contributed by atoms with Gasteiger partial charge >= 0.3 is 0 Å². The van der Waals surface area contributed by atoms with Gasteiger partial charge in [0.15, 0.2) is 21.2 Å². The van der Waals surface area contributed by atoms with Crippen molar-refractivity contribution < 1.29 is 29.0 Å². The summed E-state index contributed by atoms with van der Waals surface area (Å²) in [6.45, 7) is 0. The molecule has 2 aliphatic carbocycles. The quantitative estimate of drug-likeness (QED) is 0.331. The average molecular weight is 581 g/mol. The third-order valence-electron chi connectivity index (χ3n) is 8.77. The monoisotopic (exact) mass is 580 g/mol. The molecule has 1 saturated carbocycles. The minimum absolute atomic E-state index is 0.0300.